The Morgan fingerprint density at radius 3 is 2.59 bits per heavy atom. The first-order valence-electron chi connectivity index (χ1n) is 8.77. The maximum atomic E-state index is 12.8. The third-order valence-electron chi connectivity index (χ3n) is 4.36. The number of para-hydroxylation sites is 1. The monoisotopic (exact) mass is 425 g/mol. The van der Waals surface area contributed by atoms with Gasteiger partial charge in [-0.05, 0) is 43.2 Å². The fourth-order valence-corrected chi connectivity index (χ4v) is 3.17. The summed E-state index contributed by atoms with van der Waals surface area (Å²) >= 11 is 5.94. The van der Waals surface area contributed by atoms with E-state index in [0.717, 1.165) is 12.8 Å². The highest BCUT2D eigenvalue weighted by Gasteiger charge is 2.38. The maximum absolute atomic E-state index is 12.8. The van der Waals surface area contributed by atoms with Crippen molar-refractivity contribution in [2.24, 2.45) is 0 Å². The highest BCUT2D eigenvalue weighted by atomic mass is 35.5. The summed E-state index contributed by atoms with van der Waals surface area (Å²) in [7, 11) is 0. The van der Waals surface area contributed by atoms with Gasteiger partial charge in [0.25, 0.3) is 0 Å². The van der Waals surface area contributed by atoms with Crippen molar-refractivity contribution in [3.8, 4) is 22.8 Å². The molecule has 1 heterocycles. The van der Waals surface area contributed by atoms with Gasteiger partial charge in [0.1, 0.15) is 23.0 Å². The van der Waals surface area contributed by atoms with E-state index in [1.807, 2.05) is 0 Å². The van der Waals surface area contributed by atoms with Crippen LogP contribution in [0.2, 0.25) is 5.02 Å². The molecular formula is C20H15ClF3NO4. The number of hydrogen-bond acceptors (Lipinski definition) is 5. The summed E-state index contributed by atoms with van der Waals surface area (Å²) in [5, 5.41) is 15.1. The van der Waals surface area contributed by atoms with Gasteiger partial charge >= 0.3 is 6.36 Å². The number of alkyl halides is 3. The Bertz CT molecular complexity index is 1020. The summed E-state index contributed by atoms with van der Waals surface area (Å²) in [6, 6.07) is 11.9. The zero-order valence-corrected chi connectivity index (χ0v) is 15.6. The number of rotatable bonds is 6. The van der Waals surface area contributed by atoms with Gasteiger partial charge in [-0.1, -0.05) is 35.0 Å². The maximum Gasteiger partial charge on any atom is 0.573 e. The molecule has 3 aromatic rings. The molecule has 0 radical (unpaired) electrons. The van der Waals surface area contributed by atoms with E-state index in [2.05, 4.69) is 9.89 Å². The van der Waals surface area contributed by atoms with Crippen LogP contribution in [0.15, 0.2) is 53.1 Å². The first kappa shape index (κ1) is 19.6. The van der Waals surface area contributed by atoms with Gasteiger partial charge in [-0.15, -0.1) is 13.2 Å². The van der Waals surface area contributed by atoms with Crippen LogP contribution in [-0.2, 0) is 0 Å². The van der Waals surface area contributed by atoms with E-state index in [0.29, 0.717) is 16.5 Å². The second-order valence-electron chi connectivity index (χ2n) is 6.55. The summed E-state index contributed by atoms with van der Waals surface area (Å²) in [6.07, 6.45) is -4.75. The molecule has 1 atom stereocenters. The molecule has 2 aromatic carbocycles. The molecule has 4 rings (SSSR count). The third-order valence-corrected chi connectivity index (χ3v) is 4.60. The molecule has 5 nitrogen and oxygen atoms in total. The quantitative estimate of drug-likeness (QED) is 0.502. The Labute approximate surface area is 168 Å². The van der Waals surface area contributed by atoms with Crippen LogP contribution in [0.25, 0.3) is 11.3 Å². The molecule has 29 heavy (non-hydrogen) atoms. The lowest BCUT2D eigenvalue weighted by molar-refractivity contribution is -0.274. The van der Waals surface area contributed by atoms with Crippen LogP contribution in [0.1, 0.15) is 36.4 Å². The van der Waals surface area contributed by atoms with E-state index >= 15 is 0 Å². The van der Waals surface area contributed by atoms with E-state index in [1.165, 1.54) is 30.3 Å². The molecule has 9 heteroatoms. The van der Waals surface area contributed by atoms with Gasteiger partial charge in [-0.2, -0.15) is 0 Å². The SMILES string of the molecule is OC(Oc1cccc(Cl)c1)c1c(-c2ccccc2OC(F)(F)F)noc1C1CC1. The van der Waals surface area contributed by atoms with Crippen molar-refractivity contribution < 1.29 is 32.3 Å². The van der Waals surface area contributed by atoms with Gasteiger partial charge in [0.05, 0.1) is 5.56 Å². The van der Waals surface area contributed by atoms with Crippen LogP contribution in [0.4, 0.5) is 13.2 Å². The molecule has 152 valence electrons. The molecule has 0 amide bonds. The highest BCUT2D eigenvalue weighted by Crippen LogP contribution is 2.47. The Morgan fingerprint density at radius 1 is 1.14 bits per heavy atom. The van der Waals surface area contributed by atoms with Crippen LogP contribution in [0, 0.1) is 0 Å². The minimum Gasteiger partial charge on any atom is -0.461 e. The number of aromatic nitrogens is 1. The molecule has 1 saturated carbocycles. The molecule has 0 saturated heterocycles. The molecule has 1 aliphatic rings. The summed E-state index contributed by atoms with van der Waals surface area (Å²) < 4.78 is 53.5. The van der Waals surface area contributed by atoms with Crippen molar-refractivity contribution in [1.82, 2.24) is 5.16 Å². The number of halogens is 4. The number of aliphatic hydroxyl groups is 1. The highest BCUT2D eigenvalue weighted by molar-refractivity contribution is 6.30. The van der Waals surface area contributed by atoms with Gasteiger partial charge in [0.15, 0.2) is 0 Å². The standard InChI is InChI=1S/C20H15ClF3NO4/c21-12-4-3-5-13(10-12)27-19(26)16-17(25-29-18(16)11-8-9-11)14-6-1-2-7-15(14)28-20(22,23)24/h1-7,10-11,19,26H,8-9H2. The van der Waals surface area contributed by atoms with Crippen molar-refractivity contribution in [1.29, 1.82) is 0 Å². The third kappa shape index (κ3) is 4.49. The number of nitrogens with zero attached hydrogens (tertiary/aromatic N) is 1. The second-order valence-corrected chi connectivity index (χ2v) is 6.99. The van der Waals surface area contributed by atoms with Gasteiger partial charge < -0.3 is 19.1 Å². The van der Waals surface area contributed by atoms with E-state index in [-0.39, 0.29) is 22.7 Å². The first-order chi connectivity index (χ1) is 13.8. The average Bonchev–Trinajstić information content (AvgIpc) is 3.39. The molecule has 1 unspecified atom stereocenters. The second kappa shape index (κ2) is 7.61. The minimum absolute atomic E-state index is 0.0274. The lowest BCUT2D eigenvalue weighted by Gasteiger charge is -2.16. The predicted molar refractivity (Wildman–Crippen MR) is 97.6 cm³/mol. The molecule has 0 bridgehead atoms. The average molecular weight is 426 g/mol. The zero-order valence-electron chi connectivity index (χ0n) is 14.8. The molecular weight excluding hydrogens is 411 g/mol. The summed E-state index contributed by atoms with van der Waals surface area (Å²) in [6.45, 7) is 0. The Hall–Kier alpha value is -2.71. The van der Waals surface area contributed by atoms with Crippen molar-refractivity contribution in [2.75, 3.05) is 0 Å². The van der Waals surface area contributed by atoms with Gasteiger partial charge in [0.2, 0.25) is 6.29 Å². The van der Waals surface area contributed by atoms with E-state index in [1.54, 1.807) is 18.2 Å². The molecule has 1 aliphatic carbocycles. The Balaban J connectivity index is 1.74. The molecule has 0 aliphatic heterocycles. The van der Waals surface area contributed by atoms with Crippen molar-refractivity contribution in [3.05, 3.63) is 64.9 Å². The minimum atomic E-state index is -4.88. The smallest absolute Gasteiger partial charge is 0.461 e. The van der Waals surface area contributed by atoms with Crippen LogP contribution >= 0.6 is 11.6 Å². The van der Waals surface area contributed by atoms with Crippen LogP contribution in [-0.4, -0.2) is 16.6 Å². The van der Waals surface area contributed by atoms with Crippen LogP contribution in [0.3, 0.4) is 0 Å². The number of aliphatic hydroxyl groups excluding tert-OH is 1. The predicted octanol–water partition coefficient (Wildman–Crippen LogP) is 5.84. The summed E-state index contributed by atoms with van der Waals surface area (Å²) in [5.41, 5.74) is 0.233. The fourth-order valence-electron chi connectivity index (χ4n) is 2.99. The largest absolute Gasteiger partial charge is 0.573 e. The van der Waals surface area contributed by atoms with Crippen molar-refractivity contribution >= 4 is 11.6 Å². The zero-order chi connectivity index (χ0) is 20.6. The normalized spacial score (nSPS) is 15.2. The number of ether oxygens (including phenoxy) is 2. The molecule has 1 fully saturated rings. The Kier molecular flexibility index (Phi) is 5.14. The van der Waals surface area contributed by atoms with Gasteiger partial charge in [0, 0.05) is 16.5 Å². The topological polar surface area (TPSA) is 64.7 Å². The van der Waals surface area contributed by atoms with E-state index in [9.17, 15) is 18.3 Å². The van der Waals surface area contributed by atoms with Gasteiger partial charge in [-0.25, -0.2) is 0 Å². The lowest BCUT2D eigenvalue weighted by Crippen LogP contribution is -2.18. The molecule has 0 spiro atoms. The fraction of sp³-hybridized carbons (Fsp3) is 0.250. The Morgan fingerprint density at radius 2 is 1.90 bits per heavy atom. The number of benzene rings is 2. The van der Waals surface area contributed by atoms with Crippen molar-refractivity contribution in [2.45, 2.75) is 31.4 Å². The van der Waals surface area contributed by atoms with Crippen LogP contribution < -0.4 is 9.47 Å². The van der Waals surface area contributed by atoms with E-state index < -0.39 is 18.4 Å². The molecule has 1 N–H and O–H groups in total. The summed E-state index contributed by atoms with van der Waals surface area (Å²) in [4.78, 5) is 0. The van der Waals surface area contributed by atoms with Crippen molar-refractivity contribution in [3.63, 3.8) is 0 Å². The lowest BCUT2D eigenvalue weighted by atomic mass is 10.0. The van der Waals surface area contributed by atoms with Gasteiger partial charge in [-0.3, -0.25) is 0 Å². The summed E-state index contributed by atoms with van der Waals surface area (Å²) in [5.74, 6) is 0.251. The first-order valence-corrected chi connectivity index (χ1v) is 9.14. The molecule has 1 aromatic heterocycles. The van der Waals surface area contributed by atoms with E-state index in [4.69, 9.17) is 20.9 Å². The van der Waals surface area contributed by atoms with Crippen LogP contribution in [0.5, 0.6) is 11.5 Å². The number of hydrogen-bond donors (Lipinski definition) is 1.